The summed E-state index contributed by atoms with van der Waals surface area (Å²) in [4.78, 5) is 0. The van der Waals surface area contributed by atoms with E-state index in [0.717, 1.165) is 0 Å². The van der Waals surface area contributed by atoms with Crippen LogP contribution in [0, 0.1) is 0 Å². The smallest absolute Gasteiger partial charge is 0.261 e. The van der Waals surface area contributed by atoms with Crippen molar-refractivity contribution in [1.29, 1.82) is 0 Å². The SMILES string of the molecule is CS(=O)(=O)O.[Na].[Na]. The number of hydrogen-bond acceptors (Lipinski definition) is 2. The maximum atomic E-state index is 9.19. The van der Waals surface area contributed by atoms with Crippen LogP contribution in [0.15, 0.2) is 0 Å². The molecule has 0 fully saturated rings. The van der Waals surface area contributed by atoms with Crippen molar-refractivity contribution in [1.82, 2.24) is 0 Å². The van der Waals surface area contributed by atoms with Crippen LogP contribution < -0.4 is 0 Å². The first-order chi connectivity index (χ1) is 2.00. The van der Waals surface area contributed by atoms with Gasteiger partial charge in [0.15, 0.2) is 0 Å². The third-order valence-corrected chi connectivity index (χ3v) is 0. The van der Waals surface area contributed by atoms with Gasteiger partial charge in [-0.1, -0.05) is 0 Å². The van der Waals surface area contributed by atoms with Crippen molar-refractivity contribution in [3.8, 4) is 0 Å². The molecular weight excluding hydrogens is 138 g/mol. The van der Waals surface area contributed by atoms with E-state index in [0.29, 0.717) is 6.26 Å². The van der Waals surface area contributed by atoms with Crippen LogP contribution in [0.2, 0.25) is 0 Å². The molecule has 0 rings (SSSR count). The van der Waals surface area contributed by atoms with Gasteiger partial charge in [0.05, 0.1) is 6.26 Å². The van der Waals surface area contributed by atoms with E-state index in [9.17, 15) is 8.42 Å². The molecule has 0 aromatic heterocycles. The van der Waals surface area contributed by atoms with Crippen LogP contribution in [0.3, 0.4) is 0 Å². The Morgan fingerprint density at radius 2 is 1.29 bits per heavy atom. The molecule has 7 heavy (non-hydrogen) atoms. The normalized spacial score (nSPS) is 8.29. The monoisotopic (exact) mass is 142 g/mol. The average Bonchev–Trinajstić information content (AvgIpc) is 0.722. The number of rotatable bonds is 0. The molecule has 0 bridgehead atoms. The fourth-order valence-corrected chi connectivity index (χ4v) is 0. The molecule has 6 heteroatoms. The van der Waals surface area contributed by atoms with Crippen molar-refractivity contribution in [2.24, 2.45) is 0 Å². The van der Waals surface area contributed by atoms with Crippen molar-refractivity contribution in [3.05, 3.63) is 0 Å². The van der Waals surface area contributed by atoms with Crippen molar-refractivity contribution >= 4 is 69.2 Å². The molecule has 0 saturated carbocycles. The molecule has 0 heterocycles. The summed E-state index contributed by atoms with van der Waals surface area (Å²) in [5.41, 5.74) is 0. The van der Waals surface area contributed by atoms with Gasteiger partial charge in [-0.3, -0.25) is 4.55 Å². The molecular formula is CH4Na2O3S. The molecule has 1 N–H and O–H groups in total. The second-order valence-corrected chi connectivity index (χ2v) is 2.20. The summed E-state index contributed by atoms with van der Waals surface area (Å²) in [6, 6.07) is 0. The predicted molar refractivity (Wildman–Crippen MR) is 29.0 cm³/mol. The van der Waals surface area contributed by atoms with Gasteiger partial charge < -0.3 is 0 Å². The first kappa shape index (κ1) is 16.0. The zero-order valence-electron chi connectivity index (χ0n) is 4.67. The molecule has 0 aliphatic heterocycles. The molecule has 0 unspecified atom stereocenters. The minimum atomic E-state index is -3.67. The maximum absolute atomic E-state index is 9.19. The van der Waals surface area contributed by atoms with Gasteiger partial charge >= 0.3 is 0 Å². The molecule has 34 valence electrons. The summed E-state index contributed by atoms with van der Waals surface area (Å²) in [5, 5.41) is 0. The third-order valence-electron chi connectivity index (χ3n) is 0. The van der Waals surface area contributed by atoms with Gasteiger partial charge in [-0.25, -0.2) is 0 Å². The topological polar surface area (TPSA) is 54.4 Å². The second-order valence-electron chi connectivity index (χ2n) is 0.733. The van der Waals surface area contributed by atoms with E-state index < -0.39 is 10.1 Å². The van der Waals surface area contributed by atoms with Crippen molar-refractivity contribution in [2.75, 3.05) is 6.26 Å². The summed E-state index contributed by atoms with van der Waals surface area (Å²) >= 11 is 0. The minimum Gasteiger partial charge on any atom is -0.286 e. The Hall–Kier alpha value is 1.91. The molecule has 3 nitrogen and oxygen atoms in total. The third kappa shape index (κ3) is 75.7. The van der Waals surface area contributed by atoms with Gasteiger partial charge in [0.2, 0.25) is 0 Å². The Bertz CT molecular complexity index is 96.1. The molecule has 0 aromatic rings. The molecule has 0 spiro atoms. The molecule has 2 radical (unpaired) electrons. The van der Waals surface area contributed by atoms with Gasteiger partial charge in [-0.15, -0.1) is 0 Å². The fraction of sp³-hybridized carbons (Fsp3) is 1.00. The van der Waals surface area contributed by atoms with E-state index >= 15 is 0 Å². The summed E-state index contributed by atoms with van der Waals surface area (Å²) in [6.07, 6.45) is 0.715. The van der Waals surface area contributed by atoms with Gasteiger partial charge in [0.1, 0.15) is 0 Å². The standard InChI is InChI=1S/CH4O3S.2Na/c1-5(2,3)4;;/h1H3,(H,2,3,4);;. The largest absolute Gasteiger partial charge is 0.286 e. The van der Waals surface area contributed by atoms with Crippen molar-refractivity contribution in [3.63, 3.8) is 0 Å². The first-order valence-electron chi connectivity index (χ1n) is 0.924. The van der Waals surface area contributed by atoms with Gasteiger partial charge in [0.25, 0.3) is 10.1 Å². The summed E-state index contributed by atoms with van der Waals surface area (Å²) in [5.74, 6) is 0. The van der Waals surface area contributed by atoms with E-state index in [1.807, 2.05) is 0 Å². The van der Waals surface area contributed by atoms with Crippen molar-refractivity contribution < 1.29 is 13.0 Å². The molecule has 0 aromatic carbocycles. The molecule has 0 aliphatic rings. The van der Waals surface area contributed by atoms with Crippen LogP contribution in [-0.4, -0.2) is 78.3 Å². The van der Waals surface area contributed by atoms with E-state index in [4.69, 9.17) is 4.55 Å². The van der Waals surface area contributed by atoms with E-state index in [2.05, 4.69) is 0 Å². The predicted octanol–water partition coefficient (Wildman–Crippen LogP) is -1.26. The van der Waals surface area contributed by atoms with Crippen LogP contribution >= 0.6 is 0 Å². The van der Waals surface area contributed by atoms with E-state index in [1.165, 1.54) is 0 Å². The molecule has 0 aliphatic carbocycles. The summed E-state index contributed by atoms with van der Waals surface area (Å²) in [7, 11) is -3.67. The van der Waals surface area contributed by atoms with Crippen molar-refractivity contribution in [2.45, 2.75) is 0 Å². The zero-order chi connectivity index (χ0) is 4.50. The summed E-state index contributed by atoms with van der Waals surface area (Å²) < 4.78 is 25.9. The minimum absolute atomic E-state index is 0. The quantitative estimate of drug-likeness (QED) is 0.339. The molecule has 0 atom stereocenters. The van der Waals surface area contributed by atoms with Crippen LogP contribution in [0.5, 0.6) is 0 Å². The number of hydrogen-bond donors (Lipinski definition) is 1. The Kier molecular flexibility index (Phi) is 13.8. The summed E-state index contributed by atoms with van der Waals surface area (Å²) in [6.45, 7) is 0. The van der Waals surface area contributed by atoms with E-state index in [-0.39, 0.29) is 59.1 Å². The average molecular weight is 142 g/mol. The Morgan fingerprint density at radius 1 is 1.29 bits per heavy atom. The Labute approximate surface area is 87.2 Å². The molecule has 0 saturated heterocycles. The van der Waals surface area contributed by atoms with Gasteiger partial charge in [-0.05, 0) is 0 Å². The second kappa shape index (κ2) is 6.04. The Morgan fingerprint density at radius 3 is 1.29 bits per heavy atom. The van der Waals surface area contributed by atoms with Crippen LogP contribution in [0.4, 0.5) is 0 Å². The van der Waals surface area contributed by atoms with Gasteiger partial charge in [-0.2, -0.15) is 8.42 Å². The molecule has 0 amide bonds. The van der Waals surface area contributed by atoms with Gasteiger partial charge in [0, 0.05) is 59.1 Å². The first-order valence-corrected chi connectivity index (χ1v) is 2.77. The maximum Gasteiger partial charge on any atom is 0.261 e. The fourth-order valence-electron chi connectivity index (χ4n) is 0. The van der Waals surface area contributed by atoms with Crippen LogP contribution in [0.25, 0.3) is 0 Å². The Balaban J connectivity index is -0.0000000800. The van der Waals surface area contributed by atoms with Crippen LogP contribution in [0.1, 0.15) is 0 Å². The van der Waals surface area contributed by atoms with E-state index in [1.54, 1.807) is 0 Å². The van der Waals surface area contributed by atoms with Crippen LogP contribution in [-0.2, 0) is 10.1 Å². The zero-order valence-corrected chi connectivity index (χ0v) is 9.49.